The Morgan fingerprint density at radius 2 is 2.10 bits per heavy atom. The summed E-state index contributed by atoms with van der Waals surface area (Å²) in [6, 6.07) is 11.3. The maximum absolute atomic E-state index is 10.7. The Hall–Kier alpha value is -2.57. The quantitative estimate of drug-likeness (QED) is 0.413. The van der Waals surface area contributed by atoms with Crippen LogP contribution in [0.15, 0.2) is 47.3 Å². The summed E-state index contributed by atoms with van der Waals surface area (Å²) in [4.78, 5) is 15.1. The molecule has 1 heterocycles. The lowest BCUT2D eigenvalue weighted by Gasteiger charge is -2.18. The van der Waals surface area contributed by atoms with Crippen molar-refractivity contribution in [3.8, 4) is 22.8 Å². The first-order valence-corrected chi connectivity index (χ1v) is 11.0. The predicted octanol–water partition coefficient (Wildman–Crippen LogP) is 6.03. The lowest BCUT2D eigenvalue weighted by Crippen LogP contribution is -2.16. The van der Waals surface area contributed by atoms with Crippen molar-refractivity contribution in [3.05, 3.63) is 63.4 Å². The Bertz CT molecular complexity index is 991. The van der Waals surface area contributed by atoms with Gasteiger partial charge in [0, 0.05) is 28.8 Å². The van der Waals surface area contributed by atoms with Gasteiger partial charge in [-0.05, 0) is 61.7 Å². The van der Waals surface area contributed by atoms with Gasteiger partial charge in [0.2, 0.25) is 0 Å². The molecule has 3 rings (SSSR count). The molecule has 0 saturated carbocycles. The minimum atomic E-state index is -0.790. The van der Waals surface area contributed by atoms with Crippen molar-refractivity contribution < 1.29 is 19.4 Å². The van der Waals surface area contributed by atoms with Gasteiger partial charge in [0.25, 0.3) is 0 Å². The zero-order valence-electron chi connectivity index (χ0n) is 16.9. The number of ether oxygens (including phenoxy) is 2. The number of nitrogens with zero attached hydrogens (tertiary/aromatic N) is 1. The molecule has 1 aromatic heterocycles. The molecule has 7 heteroatoms. The standard InChI is InChI=1S/C23H24ClNO4S/c1-15-11-19(6-3-17(15)4-8-23(26)27)28-10-9-16(2)29-22-7-5-18(24)12-20(22)21-13-30-14-25-21/h3,5-7,11-14,16H,4,8-10H2,1-2H3,(H,26,27)/t16-/m0/s1. The first kappa shape index (κ1) is 22.1. The second-order valence-corrected chi connectivity index (χ2v) is 8.22. The molecule has 158 valence electrons. The number of carboxylic acids is 1. The van der Waals surface area contributed by atoms with Gasteiger partial charge in [-0.15, -0.1) is 11.3 Å². The van der Waals surface area contributed by atoms with Crippen molar-refractivity contribution in [2.24, 2.45) is 0 Å². The number of halogens is 1. The third-order valence-corrected chi connectivity index (χ3v) is 5.51. The Kier molecular flexibility index (Phi) is 7.71. The van der Waals surface area contributed by atoms with E-state index in [1.54, 1.807) is 5.51 Å². The third-order valence-electron chi connectivity index (χ3n) is 4.69. The average Bonchev–Trinajstić information content (AvgIpc) is 3.23. The number of aromatic nitrogens is 1. The minimum Gasteiger partial charge on any atom is -0.493 e. The number of carbonyl (C=O) groups is 1. The first-order chi connectivity index (χ1) is 14.4. The number of benzene rings is 2. The normalized spacial score (nSPS) is 11.8. The Morgan fingerprint density at radius 3 is 2.80 bits per heavy atom. The number of hydrogen-bond donors (Lipinski definition) is 1. The number of aryl methyl sites for hydroxylation is 2. The van der Waals surface area contributed by atoms with E-state index in [2.05, 4.69) is 4.98 Å². The zero-order chi connectivity index (χ0) is 21.5. The van der Waals surface area contributed by atoms with Crippen LogP contribution in [0.3, 0.4) is 0 Å². The highest BCUT2D eigenvalue weighted by Gasteiger charge is 2.13. The molecule has 0 fully saturated rings. The van der Waals surface area contributed by atoms with E-state index in [1.165, 1.54) is 11.3 Å². The van der Waals surface area contributed by atoms with E-state index in [1.807, 2.05) is 55.6 Å². The second kappa shape index (κ2) is 10.5. The van der Waals surface area contributed by atoms with E-state index in [0.29, 0.717) is 24.5 Å². The summed E-state index contributed by atoms with van der Waals surface area (Å²) in [5.41, 5.74) is 5.57. The van der Waals surface area contributed by atoms with Crippen LogP contribution in [-0.2, 0) is 11.2 Å². The molecule has 5 nitrogen and oxygen atoms in total. The molecule has 0 aliphatic rings. The number of hydrogen-bond acceptors (Lipinski definition) is 5. The SMILES string of the molecule is Cc1cc(OCC[C@H](C)Oc2ccc(Cl)cc2-c2cscn2)ccc1CCC(=O)O. The summed E-state index contributed by atoms with van der Waals surface area (Å²) < 4.78 is 12.0. The first-order valence-electron chi connectivity index (χ1n) is 9.71. The lowest BCUT2D eigenvalue weighted by molar-refractivity contribution is -0.136. The monoisotopic (exact) mass is 445 g/mol. The van der Waals surface area contributed by atoms with Gasteiger partial charge in [-0.2, -0.15) is 0 Å². The molecule has 0 spiro atoms. The molecule has 0 radical (unpaired) electrons. The van der Waals surface area contributed by atoms with Crippen LogP contribution in [0, 0.1) is 6.92 Å². The minimum absolute atomic E-state index is 0.0560. The maximum Gasteiger partial charge on any atom is 0.303 e. The summed E-state index contributed by atoms with van der Waals surface area (Å²) >= 11 is 7.68. The molecule has 1 atom stereocenters. The molecule has 0 saturated heterocycles. The van der Waals surface area contributed by atoms with Gasteiger partial charge in [-0.25, -0.2) is 4.98 Å². The molecule has 0 aliphatic carbocycles. The van der Waals surface area contributed by atoms with Gasteiger partial charge in [0.1, 0.15) is 11.5 Å². The van der Waals surface area contributed by atoms with E-state index in [4.69, 9.17) is 26.2 Å². The van der Waals surface area contributed by atoms with E-state index in [-0.39, 0.29) is 12.5 Å². The molecule has 0 amide bonds. The van der Waals surface area contributed by atoms with E-state index < -0.39 is 5.97 Å². The Labute approximate surface area is 185 Å². The van der Waals surface area contributed by atoms with Crippen molar-refractivity contribution in [1.82, 2.24) is 4.98 Å². The van der Waals surface area contributed by atoms with Crippen LogP contribution in [0.2, 0.25) is 5.02 Å². The van der Waals surface area contributed by atoms with Crippen LogP contribution in [0.5, 0.6) is 11.5 Å². The van der Waals surface area contributed by atoms with Crippen molar-refractivity contribution in [1.29, 1.82) is 0 Å². The summed E-state index contributed by atoms with van der Waals surface area (Å²) in [7, 11) is 0. The van der Waals surface area contributed by atoms with Gasteiger partial charge in [-0.1, -0.05) is 17.7 Å². The molecule has 2 aromatic carbocycles. The molecule has 0 unspecified atom stereocenters. The van der Waals surface area contributed by atoms with E-state index >= 15 is 0 Å². The maximum atomic E-state index is 10.7. The van der Waals surface area contributed by atoms with Crippen molar-refractivity contribution in [2.75, 3.05) is 6.61 Å². The topological polar surface area (TPSA) is 68.7 Å². The number of aliphatic carboxylic acids is 1. The fraction of sp³-hybridized carbons (Fsp3) is 0.304. The fourth-order valence-corrected chi connectivity index (χ4v) is 3.77. The summed E-state index contributed by atoms with van der Waals surface area (Å²) in [5.74, 6) is 0.729. The van der Waals surface area contributed by atoms with Crippen LogP contribution in [0.25, 0.3) is 11.3 Å². The largest absolute Gasteiger partial charge is 0.493 e. The molecule has 30 heavy (non-hydrogen) atoms. The number of thiazole rings is 1. The Balaban J connectivity index is 1.54. The average molecular weight is 446 g/mol. The molecule has 0 aliphatic heterocycles. The fourth-order valence-electron chi connectivity index (χ4n) is 3.05. The van der Waals surface area contributed by atoms with Gasteiger partial charge >= 0.3 is 5.97 Å². The van der Waals surface area contributed by atoms with Crippen molar-refractivity contribution in [3.63, 3.8) is 0 Å². The second-order valence-electron chi connectivity index (χ2n) is 7.06. The summed E-state index contributed by atoms with van der Waals surface area (Å²) in [6.07, 6.45) is 1.30. The van der Waals surface area contributed by atoms with Gasteiger partial charge in [0.15, 0.2) is 0 Å². The van der Waals surface area contributed by atoms with E-state index in [0.717, 1.165) is 33.9 Å². The molecule has 0 bridgehead atoms. The number of carboxylic acid groups (broad SMARTS) is 1. The summed E-state index contributed by atoms with van der Waals surface area (Å²) in [6.45, 7) is 4.48. The van der Waals surface area contributed by atoms with Gasteiger partial charge < -0.3 is 14.6 Å². The smallest absolute Gasteiger partial charge is 0.303 e. The van der Waals surface area contributed by atoms with Gasteiger partial charge in [0.05, 0.1) is 23.9 Å². The third kappa shape index (κ3) is 6.21. The van der Waals surface area contributed by atoms with Crippen LogP contribution < -0.4 is 9.47 Å². The van der Waals surface area contributed by atoms with E-state index in [9.17, 15) is 4.79 Å². The van der Waals surface area contributed by atoms with Crippen LogP contribution in [-0.4, -0.2) is 28.8 Å². The molecular formula is C23H24ClNO4S. The van der Waals surface area contributed by atoms with Crippen molar-refractivity contribution >= 4 is 28.9 Å². The predicted molar refractivity (Wildman–Crippen MR) is 120 cm³/mol. The lowest BCUT2D eigenvalue weighted by atomic mass is 10.0. The molecular weight excluding hydrogens is 422 g/mol. The highest BCUT2D eigenvalue weighted by atomic mass is 35.5. The van der Waals surface area contributed by atoms with Crippen LogP contribution >= 0.6 is 22.9 Å². The van der Waals surface area contributed by atoms with Crippen LogP contribution in [0.4, 0.5) is 0 Å². The zero-order valence-corrected chi connectivity index (χ0v) is 18.5. The Morgan fingerprint density at radius 1 is 1.27 bits per heavy atom. The summed E-state index contributed by atoms with van der Waals surface area (Å²) in [5, 5.41) is 11.4. The van der Waals surface area contributed by atoms with Crippen LogP contribution in [0.1, 0.15) is 30.9 Å². The number of rotatable bonds is 10. The highest BCUT2D eigenvalue weighted by Crippen LogP contribution is 2.33. The molecule has 3 aromatic rings. The molecule has 1 N–H and O–H groups in total. The highest BCUT2D eigenvalue weighted by molar-refractivity contribution is 7.07. The van der Waals surface area contributed by atoms with Crippen molar-refractivity contribution in [2.45, 2.75) is 39.2 Å². The van der Waals surface area contributed by atoms with Gasteiger partial charge in [-0.3, -0.25) is 4.79 Å².